The molecule has 166 valence electrons. The van der Waals surface area contributed by atoms with E-state index in [9.17, 15) is 19.5 Å². The van der Waals surface area contributed by atoms with Gasteiger partial charge < -0.3 is 20.5 Å². The Hall–Kier alpha value is -2.41. The fourth-order valence-corrected chi connectivity index (χ4v) is 3.40. The summed E-state index contributed by atoms with van der Waals surface area (Å²) < 4.78 is 5.25. The first-order chi connectivity index (χ1) is 14.3. The van der Waals surface area contributed by atoms with Crippen molar-refractivity contribution in [2.75, 3.05) is 0 Å². The van der Waals surface area contributed by atoms with Crippen LogP contribution in [0.2, 0.25) is 0 Å². The minimum atomic E-state index is -0.891. The summed E-state index contributed by atoms with van der Waals surface area (Å²) in [5.74, 6) is -0.563. The third-order valence-electron chi connectivity index (χ3n) is 5.22. The van der Waals surface area contributed by atoms with Crippen LogP contribution in [-0.4, -0.2) is 41.1 Å². The van der Waals surface area contributed by atoms with E-state index in [2.05, 4.69) is 10.6 Å². The van der Waals surface area contributed by atoms with Gasteiger partial charge in [-0.3, -0.25) is 9.59 Å². The molecule has 2 amide bonds. The zero-order chi connectivity index (χ0) is 22.1. The fraction of sp³-hybridized carbons (Fsp3) is 0.609. The van der Waals surface area contributed by atoms with Crippen molar-refractivity contribution in [1.82, 2.24) is 10.6 Å². The van der Waals surface area contributed by atoms with Crippen LogP contribution >= 0.6 is 0 Å². The first-order valence-corrected chi connectivity index (χ1v) is 10.8. The Balaban J connectivity index is 1.96. The van der Waals surface area contributed by atoms with Gasteiger partial charge in [-0.05, 0) is 24.3 Å². The summed E-state index contributed by atoms with van der Waals surface area (Å²) in [6.45, 7) is 6.07. The second kappa shape index (κ2) is 11.7. The van der Waals surface area contributed by atoms with Crippen LogP contribution in [0.25, 0.3) is 0 Å². The van der Waals surface area contributed by atoms with Crippen molar-refractivity contribution in [3.8, 4) is 0 Å². The molecule has 2 rings (SSSR count). The maximum atomic E-state index is 12.9. The number of unbranched alkanes of at least 4 members (excludes halogenated alkanes) is 1. The molecule has 0 radical (unpaired) electrons. The molecule has 0 saturated heterocycles. The highest BCUT2D eigenvalue weighted by Crippen LogP contribution is 2.30. The number of benzene rings is 1. The number of aliphatic hydroxyl groups is 1. The Morgan fingerprint density at radius 3 is 2.43 bits per heavy atom. The van der Waals surface area contributed by atoms with Gasteiger partial charge in [-0.1, -0.05) is 63.9 Å². The molecule has 0 heterocycles. The Bertz CT molecular complexity index is 707. The van der Waals surface area contributed by atoms with Crippen molar-refractivity contribution in [3.63, 3.8) is 0 Å². The van der Waals surface area contributed by atoms with Gasteiger partial charge in [0.25, 0.3) is 0 Å². The molecule has 7 heteroatoms. The molecule has 1 aromatic rings. The monoisotopic (exact) mass is 418 g/mol. The molecule has 1 aromatic carbocycles. The molecule has 0 aliphatic heterocycles. The van der Waals surface area contributed by atoms with E-state index >= 15 is 0 Å². The van der Waals surface area contributed by atoms with Crippen molar-refractivity contribution >= 4 is 17.8 Å². The highest BCUT2D eigenvalue weighted by molar-refractivity contribution is 5.96. The van der Waals surface area contributed by atoms with E-state index < -0.39 is 24.3 Å². The van der Waals surface area contributed by atoms with E-state index in [1.807, 2.05) is 51.1 Å². The average molecular weight is 419 g/mol. The molecular weight excluding hydrogens is 384 g/mol. The number of rotatable bonds is 12. The van der Waals surface area contributed by atoms with Crippen molar-refractivity contribution in [3.05, 3.63) is 35.9 Å². The molecule has 3 N–H and O–H groups in total. The number of ketones is 1. The van der Waals surface area contributed by atoms with Gasteiger partial charge in [0, 0.05) is 6.42 Å². The largest absolute Gasteiger partial charge is 0.445 e. The first-order valence-electron chi connectivity index (χ1n) is 10.8. The molecular formula is C23H34N2O5. The number of amides is 2. The number of Topliss-reactive ketones (excluding diaryl/α,β-unsaturated/α-hetero) is 1. The highest BCUT2D eigenvalue weighted by atomic mass is 16.5. The number of carbonyl (C=O) groups excluding carboxylic acids is 3. The maximum Gasteiger partial charge on any atom is 0.408 e. The number of nitrogens with one attached hydrogen (secondary N) is 2. The second-order valence-electron chi connectivity index (χ2n) is 8.41. The van der Waals surface area contributed by atoms with E-state index in [4.69, 9.17) is 4.74 Å². The van der Waals surface area contributed by atoms with E-state index in [1.165, 1.54) is 0 Å². The van der Waals surface area contributed by atoms with Crippen LogP contribution in [0.1, 0.15) is 58.4 Å². The third-order valence-corrected chi connectivity index (χ3v) is 5.22. The summed E-state index contributed by atoms with van der Waals surface area (Å²) in [6.07, 6.45) is 1.56. The Morgan fingerprint density at radius 2 is 1.87 bits per heavy atom. The molecule has 2 unspecified atom stereocenters. The summed E-state index contributed by atoms with van der Waals surface area (Å²) >= 11 is 0. The first kappa shape index (κ1) is 23.9. The molecule has 30 heavy (non-hydrogen) atoms. The van der Waals surface area contributed by atoms with Crippen LogP contribution in [0, 0.1) is 11.8 Å². The smallest absolute Gasteiger partial charge is 0.408 e. The molecule has 4 atom stereocenters. The Labute approximate surface area is 178 Å². The normalized spacial score (nSPS) is 18.4. The molecule has 7 nitrogen and oxygen atoms in total. The number of ether oxygens (including phenoxy) is 1. The van der Waals surface area contributed by atoms with Crippen LogP contribution in [0.3, 0.4) is 0 Å². The number of carbonyl (C=O) groups is 3. The van der Waals surface area contributed by atoms with Crippen LogP contribution < -0.4 is 10.6 Å². The summed E-state index contributed by atoms with van der Waals surface area (Å²) in [5, 5.41) is 16.0. The van der Waals surface area contributed by atoms with Crippen molar-refractivity contribution in [2.45, 2.75) is 77.7 Å². The molecule has 1 saturated carbocycles. The highest BCUT2D eigenvalue weighted by Gasteiger charge is 2.44. The third kappa shape index (κ3) is 7.78. The lowest BCUT2D eigenvalue weighted by Gasteiger charge is -2.27. The van der Waals surface area contributed by atoms with Gasteiger partial charge in [0.1, 0.15) is 18.4 Å². The van der Waals surface area contributed by atoms with E-state index in [0.29, 0.717) is 19.3 Å². The second-order valence-corrected chi connectivity index (χ2v) is 8.41. The fourth-order valence-electron chi connectivity index (χ4n) is 3.40. The van der Waals surface area contributed by atoms with Gasteiger partial charge in [0.15, 0.2) is 0 Å². The minimum Gasteiger partial charge on any atom is -0.445 e. The predicted molar refractivity (Wildman–Crippen MR) is 114 cm³/mol. The van der Waals surface area contributed by atoms with Gasteiger partial charge in [0.05, 0.1) is 18.1 Å². The van der Waals surface area contributed by atoms with Gasteiger partial charge in [-0.15, -0.1) is 0 Å². The number of alkyl carbamates (subject to hydrolysis) is 1. The van der Waals surface area contributed by atoms with E-state index in [0.717, 1.165) is 18.4 Å². The van der Waals surface area contributed by atoms with Crippen LogP contribution in [0.5, 0.6) is 0 Å². The summed E-state index contributed by atoms with van der Waals surface area (Å²) in [4.78, 5) is 36.6. The van der Waals surface area contributed by atoms with Crippen LogP contribution in [0.15, 0.2) is 30.3 Å². The molecule has 1 aliphatic rings. The van der Waals surface area contributed by atoms with Crippen molar-refractivity contribution in [1.29, 1.82) is 0 Å². The molecule has 0 spiro atoms. The lowest BCUT2D eigenvalue weighted by molar-refractivity contribution is -0.125. The summed E-state index contributed by atoms with van der Waals surface area (Å²) in [6, 6.07) is 8.01. The van der Waals surface area contributed by atoms with Crippen LogP contribution in [0.4, 0.5) is 4.79 Å². The zero-order valence-corrected chi connectivity index (χ0v) is 18.1. The van der Waals surface area contributed by atoms with Gasteiger partial charge in [-0.25, -0.2) is 4.79 Å². The van der Waals surface area contributed by atoms with Gasteiger partial charge >= 0.3 is 6.09 Å². The summed E-state index contributed by atoms with van der Waals surface area (Å²) in [7, 11) is 0. The maximum absolute atomic E-state index is 12.9. The number of hydrogen-bond donors (Lipinski definition) is 3. The Morgan fingerprint density at radius 1 is 1.20 bits per heavy atom. The standard InChI is InChI=1S/C23H34N2O5/c1-4-5-11-18(21(27)17-13-20(17)26)24-22(28)19(12-15(2)3)25-23(29)30-14-16-9-7-6-8-10-16/h6-10,15,17-19,21,27H,4-5,11-14H2,1-3H3,(H,24,28)(H,25,29)/t17?,18-,19-,21?/m0/s1. The van der Waals surface area contributed by atoms with Crippen molar-refractivity contribution in [2.24, 2.45) is 11.8 Å². The van der Waals surface area contributed by atoms with Crippen molar-refractivity contribution < 1.29 is 24.2 Å². The SMILES string of the molecule is CCCC[C@H](NC(=O)[C@H](CC(C)C)NC(=O)OCc1ccccc1)C(O)C1CC1=O. The molecule has 0 aromatic heterocycles. The van der Waals surface area contributed by atoms with Gasteiger partial charge in [0.2, 0.25) is 5.91 Å². The quantitative estimate of drug-likeness (QED) is 0.484. The average Bonchev–Trinajstić information content (AvgIpc) is 3.45. The summed E-state index contributed by atoms with van der Waals surface area (Å²) in [5.41, 5.74) is 0.856. The molecule has 0 bridgehead atoms. The number of aliphatic hydroxyl groups excluding tert-OH is 1. The number of hydrogen-bond acceptors (Lipinski definition) is 5. The molecule has 1 fully saturated rings. The van der Waals surface area contributed by atoms with E-state index in [1.54, 1.807) is 0 Å². The Kier molecular flexibility index (Phi) is 9.30. The van der Waals surface area contributed by atoms with Crippen LogP contribution in [-0.2, 0) is 20.9 Å². The lowest BCUT2D eigenvalue weighted by Crippen LogP contribution is -2.53. The van der Waals surface area contributed by atoms with Gasteiger partial charge in [-0.2, -0.15) is 0 Å². The molecule has 1 aliphatic carbocycles. The predicted octanol–water partition coefficient (Wildman–Crippen LogP) is 2.95. The van der Waals surface area contributed by atoms with E-state index in [-0.39, 0.29) is 30.1 Å². The minimum absolute atomic E-state index is 0.0274. The lowest BCUT2D eigenvalue weighted by atomic mass is 9.98. The zero-order valence-electron chi connectivity index (χ0n) is 18.1. The topological polar surface area (TPSA) is 105 Å².